The molecule has 1 N–H and O–H groups in total. The minimum Gasteiger partial charge on any atom is -0.492 e. The summed E-state index contributed by atoms with van der Waals surface area (Å²) < 4.78 is 11.2. The monoisotopic (exact) mass is 263 g/mol. The zero-order valence-electron chi connectivity index (χ0n) is 11.2. The third-order valence-corrected chi connectivity index (χ3v) is 3.69. The van der Waals surface area contributed by atoms with Gasteiger partial charge in [-0.15, -0.1) is 0 Å². The van der Waals surface area contributed by atoms with Gasteiger partial charge in [-0.1, -0.05) is 0 Å². The van der Waals surface area contributed by atoms with Crippen LogP contribution in [0.4, 0.5) is 5.69 Å². The van der Waals surface area contributed by atoms with Crippen molar-refractivity contribution in [1.29, 1.82) is 0 Å². The van der Waals surface area contributed by atoms with Gasteiger partial charge in [0.2, 0.25) is 0 Å². The fourth-order valence-electron chi connectivity index (χ4n) is 2.51. The van der Waals surface area contributed by atoms with E-state index in [-0.39, 0.29) is 0 Å². The van der Waals surface area contributed by atoms with Gasteiger partial charge in [-0.25, -0.2) is 0 Å². The van der Waals surface area contributed by atoms with E-state index in [2.05, 4.69) is 21.3 Å². The normalized spacial score (nSPS) is 23.6. The topological polar surface area (TPSA) is 46.6 Å². The first-order valence-electron chi connectivity index (χ1n) is 7.03. The summed E-state index contributed by atoms with van der Waals surface area (Å²) in [4.78, 5) is 6.63. The molecule has 3 heterocycles. The van der Waals surface area contributed by atoms with Gasteiger partial charge < -0.3 is 19.7 Å². The molecule has 0 aromatic carbocycles. The zero-order valence-corrected chi connectivity index (χ0v) is 11.2. The van der Waals surface area contributed by atoms with Crippen LogP contribution in [0.5, 0.6) is 5.75 Å². The number of anilines is 1. The molecule has 2 aliphatic heterocycles. The lowest BCUT2D eigenvalue weighted by atomic mass is 10.1. The maximum Gasteiger partial charge on any atom is 0.139 e. The quantitative estimate of drug-likeness (QED) is 0.875. The molecule has 1 atom stereocenters. The summed E-state index contributed by atoms with van der Waals surface area (Å²) in [7, 11) is 0. The molecule has 0 spiro atoms. The Bertz CT molecular complexity index is 401. The summed E-state index contributed by atoms with van der Waals surface area (Å²) in [5.74, 6) is 1.39. The van der Waals surface area contributed by atoms with Crippen molar-refractivity contribution in [3.8, 4) is 5.75 Å². The zero-order chi connectivity index (χ0) is 12.9. The van der Waals surface area contributed by atoms with Gasteiger partial charge in [-0.3, -0.25) is 4.98 Å². The van der Waals surface area contributed by atoms with E-state index in [1.54, 1.807) is 6.20 Å². The predicted molar refractivity (Wildman–Crippen MR) is 73.7 cm³/mol. The highest BCUT2D eigenvalue weighted by atomic mass is 16.5. The molecule has 0 radical (unpaired) electrons. The number of pyridine rings is 1. The highest BCUT2D eigenvalue weighted by molar-refractivity contribution is 5.48. The molecule has 0 bridgehead atoms. The molecule has 19 heavy (non-hydrogen) atoms. The van der Waals surface area contributed by atoms with Crippen LogP contribution < -0.4 is 15.0 Å². The van der Waals surface area contributed by atoms with Crippen LogP contribution in [0, 0.1) is 5.92 Å². The van der Waals surface area contributed by atoms with Gasteiger partial charge in [0.1, 0.15) is 5.75 Å². The highest BCUT2D eigenvalue weighted by Crippen LogP contribution is 2.21. The number of piperazine rings is 1. The minimum absolute atomic E-state index is 0.530. The standard InChI is InChI=1S/C14H21N3O2/c1-6-18-10-12(1)11-19-14-7-13(8-16-9-14)17-4-2-15-3-5-17/h7-9,12,15H,1-6,10-11H2. The van der Waals surface area contributed by atoms with Gasteiger partial charge in [-0.2, -0.15) is 0 Å². The van der Waals surface area contributed by atoms with E-state index in [9.17, 15) is 0 Å². The Morgan fingerprint density at radius 1 is 1.37 bits per heavy atom. The molecule has 0 saturated carbocycles. The van der Waals surface area contributed by atoms with Crippen molar-refractivity contribution in [1.82, 2.24) is 10.3 Å². The van der Waals surface area contributed by atoms with E-state index in [0.717, 1.165) is 63.9 Å². The Labute approximate surface area is 113 Å². The largest absolute Gasteiger partial charge is 0.492 e. The first-order valence-corrected chi connectivity index (χ1v) is 7.03. The average molecular weight is 263 g/mol. The van der Waals surface area contributed by atoms with Gasteiger partial charge in [-0.05, 0) is 6.42 Å². The van der Waals surface area contributed by atoms with Crippen molar-refractivity contribution >= 4 is 5.69 Å². The molecular weight excluding hydrogens is 242 g/mol. The SMILES string of the molecule is c1ncc(N2CCNCC2)cc1OCC1CCOC1. The molecule has 2 fully saturated rings. The first-order chi connectivity index (χ1) is 9.42. The van der Waals surface area contributed by atoms with Crippen LogP contribution in [-0.2, 0) is 4.74 Å². The van der Waals surface area contributed by atoms with E-state index in [4.69, 9.17) is 9.47 Å². The second kappa shape index (κ2) is 6.21. The van der Waals surface area contributed by atoms with E-state index in [0.29, 0.717) is 5.92 Å². The molecule has 1 aromatic heterocycles. The molecule has 1 aromatic rings. The van der Waals surface area contributed by atoms with Crippen LogP contribution in [0.2, 0.25) is 0 Å². The van der Waals surface area contributed by atoms with Gasteiger partial charge in [0.05, 0.1) is 31.3 Å². The van der Waals surface area contributed by atoms with Crippen LogP contribution in [0.15, 0.2) is 18.5 Å². The summed E-state index contributed by atoms with van der Waals surface area (Å²) in [6.45, 7) is 6.54. The number of hydrogen-bond donors (Lipinski definition) is 1. The average Bonchev–Trinajstić information content (AvgIpc) is 3.00. The molecule has 1 unspecified atom stereocenters. The minimum atomic E-state index is 0.530. The Hall–Kier alpha value is -1.33. The maximum atomic E-state index is 5.84. The number of aromatic nitrogens is 1. The van der Waals surface area contributed by atoms with Crippen molar-refractivity contribution < 1.29 is 9.47 Å². The van der Waals surface area contributed by atoms with E-state index in [1.807, 2.05) is 6.20 Å². The molecule has 2 aliphatic rings. The summed E-state index contributed by atoms with van der Waals surface area (Å²) in [5, 5.41) is 3.35. The van der Waals surface area contributed by atoms with Crippen LogP contribution in [-0.4, -0.2) is 51.0 Å². The third-order valence-electron chi connectivity index (χ3n) is 3.69. The van der Waals surface area contributed by atoms with Crippen molar-refractivity contribution in [3.63, 3.8) is 0 Å². The van der Waals surface area contributed by atoms with E-state index >= 15 is 0 Å². The molecule has 3 rings (SSSR count). The second-order valence-electron chi connectivity index (χ2n) is 5.16. The molecule has 5 heteroatoms. The Kier molecular flexibility index (Phi) is 4.15. The Morgan fingerprint density at radius 3 is 3.05 bits per heavy atom. The van der Waals surface area contributed by atoms with Gasteiger partial charge >= 0.3 is 0 Å². The number of nitrogens with zero attached hydrogens (tertiary/aromatic N) is 2. The number of nitrogens with one attached hydrogen (secondary N) is 1. The van der Waals surface area contributed by atoms with Gasteiger partial charge in [0.15, 0.2) is 0 Å². The molecule has 5 nitrogen and oxygen atoms in total. The molecule has 2 saturated heterocycles. The van der Waals surface area contributed by atoms with Crippen molar-refractivity contribution in [2.75, 3.05) is 50.9 Å². The fourth-order valence-corrected chi connectivity index (χ4v) is 2.51. The lowest BCUT2D eigenvalue weighted by Gasteiger charge is -2.29. The smallest absolute Gasteiger partial charge is 0.139 e. The van der Waals surface area contributed by atoms with Gasteiger partial charge in [0, 0.05) is 44.8 Å². The van der Waals surface area contributed by atoms with Crippen LogP contribution in [0.3, 0.4) is 0 Å². The summed E-state index contributed by atoms with van der Waals surface area (Å²) in [5.41, 5.74) is 1.15. The Balaban J connectivity index is 1.58. The van der Waals surface area contributed by atoms with Gasteiger partial charge in [0.25, 0.3) is 0 Å². The van der Waals surface area contributed by atoms with Crippen molar-refractivity contribution in [2.45, 2.75) is 6.42 Å². The van der Waals surface area contributed by atoms with Crippen LogP contribution >= 0.6 is 0 Å². The Morgan fingerprint density at radius 2 is 2.26 bits per heavy atom. The molecular formula is C14H21N3O2. The maximum absolute atomic E-state index is 5.84. The summed E-state index contributed by atoms with van der Waals surface area (Å²) in [6, 6.07) is 2.09. The number of rotatable bonds is 4. The fraction of sp³-hybridized carbons (Fsp3) is 0.643. The van der Waals surface area contributed by atoms with Crippen LogP contribution in [0.1, 0.15) is 6.42 Å². The lowest BCUT2D eigenvalue weighted by Crippen LogP contribution is -2.43. The molecule has 104 valence electrons. The molecule has 0 aliphatic carbocycles. The second-order valence-corrected chi connectivity index (χ2v) is 5.16. The number of hydrogen-bond acceptors (Lipinski definition) is 5. The first kappa shape index (κ1) is 12.7. The highest BCUT2D eigenvalue weighted by Gasteiger charge is 2.17. The molecule has 0 amide bonds. The van der Waals surface area contributed by atoms with Crippen LogP contribution in [0.25, 0.3) is 0 Å². The third kappa shape index (κ3) is 3.36. The summed E-state index contributed by atoms with van der Waals surface area (Å²) >= 11 is 0. The predicted octanol–water partition coefficient (Wildman–Crippen LogP) is 0.906. The number of ether oxygens (including phenoxy) is 2. The van der Waals surface area contributed by atoms with Crippen molar-refractivity contribution in [3.05, 3.63) is 18.5 Å². The van der Waals surface area contributed by atoms with E-state index in [1.165, 1.54) is 0 Å². The lowest BCUT2D eigenvalue weighted by molar-refractivity contribution is 0.167. The van der Waals surface area contributed by atoms with E-state index < -0.39 is 0 Å². The summed E-state index contributed by atoms with van der Waals surface area (Å²) in [6.07, 6.45) is 4.81. The van der Waals surface area contributed by atoms with Crippen molar-refractivity contribution in [2.24, 2.45) is 5.92 Å².